The minimum atomic E-state index is -0.349. The summed E-state index contributed by atoms with van der Waals surface area (Å²) in [7, 11) is 0. The molecule has 0 amide bonds. The molecule has 4 nitrogen and oxygen atoms in total. The number of hydrogen-bond donors (Lipinski definition) is 3. The summed E-state index contributed by atoms with van der Waals surface area (Å²) in [6.07, 6.45) is 0.890. The van der Waals surface area contributed by atoms with Gasteiger partial charge in [0.05, 0.1) is 5.69 Å². The second kappa shape index (κ2) is 2.82. The van der Waals surface area contributed by atoms with Gasteiger partial charge in [-0.2, -0.15) is 0 Å². The molecule has 1 heterocycles. The van der Waals surface area contributed by atoms with Crippen LogP contribution in [0.4, 0.5) is 0 Å². The molecule has 0 aliphatic carbocycles. The third kappa shape index (κ3) is 1.45. The van der Waals surface area contributed by atoms with Gasteiger partial charge in [-0.1, -0.05) is 13.8 Å². The average Bonchev–Trinajstić information content (AvgIpc) is 2.28. The summed E-state index contributed by atoms with van der Waals surface area (Å²) >= 11 is 0. The van der Waals surface area contributed by atoms with E-state index in [2.05, 4.69) is 9.97 Å². The third-order valence-electron chi connectivity index (χ3n) is 1.84. The van der Waals surface area contributed by atoms with E-state index in [0.717, 1.165) is 6.42 Å². The minimum Gasteiger partial charge on any atom is -0.493 e. The number of rotatable bonds is 2. The molecule has 1 aromatic rings. The maximum atomic E-state index is 10.7. The Hall–Kier alpha value is -1.19. The quantitative estimate of drug-likeness (QED) is 0.596. The van der Waals surface area contributed by atoms with Gasteiger partial charge >= 0.3 is 5.69 Å². The van der Waals surface area contributed by atoms with E-state index in [1.807, 2.05) is 13.8 Å². The summed E-state index contributed by atoms with van der Waals surface area (Å²) in [5, 5.41) is 9.15. The molecule has 0 saturated carbocycles. The van der Waals surface area contributed by atoms with Crippen molar-refractivity contribution in [2.45, 2.75) is 26.2 Å². The normalized spacial score (nSPS) is 13.3. The summed E-state index contributed by atoms with van der Waals surface area (Å²) in [5.41, 5.74) is 0.246. The number of nitrogens with one attached hydrogen (secondary N) is 2. The zero-order valence-electron chi connectivity index (χ0n) is 6.64. The molecule has 0 bridgehead atoms. The summed E-state index contributed by atoms with van der Waals surface area (Å²) in [6.45, 7) is 3.94. The molecule has 1 rings (SSSR count). The lowest BCUT2D eigenvalue weighted by atomic mass is 10.1. The zero-order chi connectivity index (χ0) is 8.43. The smallest absolute Gasteiger partial charge is 0.325 e. The van der Waals surface area contributed by atoms with Crippen molar-refractivity contribution in [3.63, 3.8) is 0 Å². The lowest BCUT2D eigenvalue weighted by molar-refractivity contribution is 0.442. The Bertz CT molecular complexity index is 287. The van der Waals surface area contributed by atoms with Gasteiger partial charge in [-0.15, -0.1) is 0 Å². The SMILES string of the molecule is CCC(C)c1[nH]c(=O)[nH]c1O. The summed E-state index contributed by atoms with van der Waals surface area (Å²) < 4.78 is 0. The van der Waals surface area contributed by atoms with Crippen LogP contribution < -0.4 is 5.69 Å². The second-order valence-corrected chi connectivity index (χ2v) is 2.65. The minimum absolute atomic E-state index is 0.0376. The standard InChI is InChI=1S/C7H12N2O2/c1-3-4(2)5-6(10)9-7(11)8-5/h4,10H,3H2,1-2H3,(H2,8,9,11). The fraction of sp³-hybridized carbons (Fsp3) is 0.571. The topological polar surface area (TPSA) is 68.9 Å². The molecule has 0 saturated heterocycles. The van der Waals surface area contributed by atoms with E-state index in [-0.39, 0.29) is 17.5 Å². The van der Waals surface area contributed by atoms with Crippen molar-refractivity contribution >= 4 is 0 Å². The van der Waals surface area contributed by atoms with E-state index < -0.39 is 0 Å². The first-order valence-electron chi connectivity index (χ1n) is 3.66. The largest absolute Gasteiger partial charge is 0.493 e. The highest BCUT2D eigenvalue weighted by Crippen LogP contribution is 2.21. The van der Waals surface area contributed by atoms with Gasteiger partial charge in [-0.05, 0) is 6.42 Å². The molecule has 0 aliphatic heterocycles. The van der Waals surface area contributed by atoms with Crippen LogP contribution in [-0.2, 0) is 0 Å². The first-order valence-corrected chi connectivity index (χ1v) is 3.66. The van der Waals surface area contributed by atoms with Gasteiger partial charge in [0.1, 0.15) is 0 Å². The van der Waals surface area contributed by atoms with Crippen LogP contribution in [0.25, 0.3) is 0 Å². The number of aromatic nitrogens is 2. The van der Waals surface area contributed by atoms with Crippen molar-refractivity contribution in [2.24, 2.45) is 0 Å². The van der Waals surface area contributed by atoms with Crippen molar-refractivity contribution in [3.05, 3.63) is 16.2 Å². The molecule has 4 heteroatoms. The zero-order valence-corrected chi connectivity index (χ0v) is 6.64. The predicted octanol–water partition coefficient (Wildman–Crippen LogP) is 0.922. The number of H-pyrrole nitrogens is 2. The monoisotopic (exact) mass is 156 g/mol. The van der Waals surface area contributed by atoms with E-state index in [9.17, 15) is 4.79 Å². The molecule has 62 valence electrons. The Labute approximate surface area is 64.3 Å². The molecule has 0 fully saturated rings. The number of aromatic hydroxyl groups is 1. The average molecular weight is 156 g/mol. The Morgan fingerprint density at radius 3 is 2.55 bits per heavy atom. The molecule has 11 heavy (non-hydrogen) atoms. The summed E-state index contributed by atoms with van der Waals surface area (Å²) in [5.74, 6) is 0.151. The molecule has 0 radical (unpaired) electrons. The van der Waals surface area contributed by atoms with Gasteiger partial charge in [0, 0.05) is 5.92 Å². The van der Waals surface area contributed by atoms with E-state index >= 15 is 0 Å². The molecule has 1 atom stereocenters. The first-order chi connectivity index (χ1) is 5.15. The Balaban J connectivity index is 3.02. The molecule has 1 aromatic heterocycles. The Morgan fingerprint density at radius 2 is 2.18 bits per heavy atom. The van der Waals surface area contributed by atoms with Crippen LogP contribution in [0, 0.1) is 0 Å². The van der Waals surface area contributed by atoms with Gasteiger partial charge in [-0.3, -0.25) is 4.98 Å². The van der Waals surface area contributed by atoms with Gasteiger partial charge in [0.15, 0.2) is 0 Å². The highest BCUT2D eigenvalue weighted by Gasteiger charge is 2.10. The summed E-state index contributed by atoms with van der Waals surface area (Å²) in [4.78, 5) is 15.5. The van der Waals surface area contributed by atoms with E-state index in [0.29, 0.717) is 5.69 Å². The molecule has 0 aromatic carbocycles. The summed E-state index contributed by atoms with van der Waals surface area (Å²) in [6, 6.07) is 0. The maximum Gasteiger partial charge on any atom is 0.325 e. The van der Waals surface area contributed by atoms with Crippen LogP contribution in [0.3, 0.4) is 0 Å². The highest BCUT2D eigenvalue weighted by molar-refractivity contribution is 5.19. The van der Waals surface area contributed by atoms with E-state index in [1.54, 1.807) is 0 Å². The van der Waals surface area contributed by atoms with Gasteiger partial charge < -0.3 is 10.1 Å². The van der Waals surface area contributed by atoms with Crippen molar-refractivity contribution < 1.29 is 5.11 Å². The number of hydrogen-bond acceptors (Lipinski definition) is 2. The van der Waals surface area contributed by atoms with Crippen molar-refractivity contribution in [1.82, 2.24) is 9.97 Å². The van der Waals surface area contributed by atoms with Gasteiger partial charge in [0.2, 0.25) is 5.88 Å². The Morgan fingerprint density at radius 1 is 1.55 bits per heavy atom. The number of aromatic amines is 2. The lowest BCUT2D eigenvalue weighted by Crippen LogP contribution is -2.02. The maximum absolute atomic E-state index is 10.7. The van der Waals surface area contributed by atoms with Crippen molar-refractivity contribution in [1.29, 1.82) is 0 Å². The number of imidazole rings is 1. The molecule has 0 aliphatic rings. The van der Waals surface area contributed by atoms with Gasteiger partial charge in [-0.25, -0.2) is 4.79 Å². The highest BCUT2D eigenvalue weighted by atomic mass is 16.3. The Kier molecular flexibility index (Phi) is 2.03. The second-order valence-electron chi connectivity index (χ2n) is 2.65. The van der Waals surface area contributed by atoms with Crippen molar-refractivity contribution in [2.75, 3.05) is 0 Å². The fourth-order valence-electron chi connectivity index (χ4n) is 0.948. The van der Waals surface area contributed by atoms with Crippen molar-refractivity contribution in [3.8, 4) is 5.88 Å². The molecule has 1 unspecified atom stereocenters. The van der Waals surface area contributed by atoms with Crippen LogP contribution in [-0.4, -0.2) is 15.1 Å². The molecular formula is C7H12N2O2. The molecule has 3 N–H and O–H groups in total. The lowest BCUT2D eigenvalue weighted by Gasteiger charge is -2.03. The van der Waals surface area contributed by atoms with Crippen LogP contribution in [0.1, 0.15) is 31.9 Å². The molecule has 0 spiro atoms. The van der Waals surface area contributed by atoms with E-state index in [4.69, 9.17) is 5.11 Å². The van der Waals surface area contributed by atoms with Crippen LogP contribution in [0.5, 0.6) is 5.88 Å². The fourth-order valence-corrected chi connectivity index (χ4v) is 0.948. The predicted molar refractivity (Wildman–Crippen MR) is 41.8 cm³/mol. The van der Waals surface area contributed by atoms with Crippen LogP contribution in [0.2, 0.25) is 0 Å². The van der Waals surface area contributed by atoms with E-state index in [1.165, 1.54) is 0 Å². The third-order valence-corrected chi connectivity index (χ3v) is 1.84. The van der Waals surface area contributed by atoms with Crippen LogP contribution >= 0.6 is 0 Å². The van der Waals surface area contributed by atoms with Crippen LogP contribution in [0.15, 0.2) is 4.79 Å². The van der Waals surface area contributed by atoms with Gasteiger partial charge in [0.25, 0.3) is 0 Å². The first kappa shape index (κ1) is 7.91. The molecular weight excluding hydrogens is 144 g/mol.